The summed E-state index contributed by atoms with van der Waals surface area (Å²) in [5, 5.41) is 0. The molecule has 1 nitrogen and oxygen atoms in total. The third kappa shape index (κ3) is 4.45. The fourth-order valence-electron chi connectivity index (χ4n) is 3.67. The van der Waals surface area contributed by atoms with Crippen molar-refractivity contribution in [3.63, 3.8) is 0 Å². The fraction of sp³-hybridized carbons (Fsp3) is 1.00. The van der Waals surface area contributed by atoms with Crippen LogP contribution in [0, 0.1) is 11.3 Å². The lowest BCUT2D eigenvalue weighted by Crippen LogP contribution is -2.47. The molecule has 1 aliphatic rings. The van der Waals surface area contributed by atoms with Gasteiger partial charge in [0.25, 0.3) is 0 Å². The zero-order valence-corrected chi connectivity index (χ0v) is 13.8. The van der Waals surface area contributed by atoms with Crippen LogP contribution in [0.15, 0.2) is 0 Å². The predicted octanol–water partition coefficient (Wildman–Crippen LogP) is 4.62. The maximum absolute atomic E-state index is 4.69. The van der Waals surface area contributed by atoms with Gasteiger partial charge in [-0.15, -0.1) is 0 Å². The number of hydrogen-bond acceptors (Lipinski definition) is 2. The number of hydrogen-bond donors (Lipinski definition) is 1. The second-order valence-corrected chi connectivity index (χ2v) is 6.92. The Bertz CT molecular complexity index is 223. The normalized spacial score (nSPS) is 26.5. The standard InChI is InChI=1S/C16H33NS/c1-5-8-16(13-18,9-6-2)12-17-10-7-14(3)11-15(17)4/h14-15,18H,5-13H2,1-4H3. The molecular weight excluding hydrogens is 238 g/mol. The first-order valence-corrected chi connectivity index (χ1v) is 8.55. The SMILES string of the molecule is CCCC(CS)(CCC)CN1CCC(C)CC1C. The van der Waals surface area contributed by atoms with E-state index in [9.17, 15) is 0 Å². The summed E-state index contributed by atoms with van der Waals surface area (Å²) in [6.45, 7) is 12.0. The van der Waals surface area contributed by atoms with Crippen molar-refractivity contribution in [1.82, 2.24) is 4.90 Å². The van der Waals surface area contributed by atoms with E-state index < -0.39 is 0 Å². The molecule has 0 aromatic carbocycles. The Hall–Kier alpha value is 0.310. The van der Waals surface area contributed by atoms with Crippen LogP contribution < -0.4 is 0 Å². The van der Waals surface area contributed by atoms with Crippen LogP contribution in [0.2, 0.25) is 0 Å². The van der Waals surface area contributed by atoms with Gasteiger partial charge in [0.15, 0.2) is 0 Å². The molecule has 2 heteroatoms. The van der Waals surface area contributed by atoms with Crippen LogP contribution >= 0.6 is 12.6 Å². The minimum atomic E-state index is 0.460. The molecule has 1 rings (SSSR count). The van der Waals surface area contributed by atoms with Gasteiger partial charge in [0.2, 0.25) is 0 Å². The molecule has 2 unspecified atom stereocenters. The van der Waals surface area contributed by atoms with Crippen molar-refractivity contribution in [3.05, 3.63) is 0 Å². The van der Waals surface area contributed by atoms with Gasteiger partial charge in [-0.05, 0) is 56.2 Å². The van der Waals surface area contributed by atoms with Gasteiger partial charge in [0, 0.05) is 12.6 Å². The molecule has 0 amide bonds. The summed E-state index contributed by atoms with van der Waals surface area (Å²) in [5.41, 5.74) is 0.460. The lowest BCUT2D eigenvalue weighted by atomic mass is 9.79. The molecule has 0 N–H and O–H groups in total. The summed E-state index contributed by atoms with van der Waals surface area (Å²) in [6, 6.07) is 0.765. The average Bonchev–Trinajstić information content (AvgIpc) is 2.33. The van der Waals surface area contributed by atoms with Gasteiger partial charge in [-0.2, -0.15) is 12.6 Å². The van der Waals surface area contributed by atoms with E-state index in [1.807, 2.05) is 0 Å². The fourth-order valence-corrected chi connectivity index (χ4v) is 4.09. The minimum Gasteiger partial charge on any atom is -0.300 e. The molecule has 1 saturated heterocycles. The molecular formula is C16H33NS. The highest BCUT2D eigenvalue weighted by molar-refractivity contribution is 7.80. The van der Waals surface area contributed by atoms with Gasteiger partial charge >= 0.3 is 0 Å². The van der Waals surface area contributed by atoms with Crippen LogP contribution in [0.5, 0.6) is 0 Å². The monoisotopic (exact) mass is 271 g/mol. The largest absolute Gasteiger partial charge is 0.300 e. The number of piperidine rings is 1. The minimum absolute atomic E-state index is 0.460. The van der Waals surface area contributed by atoms with Crippen LogP contribution in [0.3, 0.4) is 0 Å². The van der Waals surface area contributed by atoms with Gasteiger partial charge < -0.3 is 4.90 Å². The van der Waals surface area contributed by atoms with Gasteiger partial charge in [-0.3, -0.25) is 0 Å². The molecule has 0 aromatic rings. The molecule has 1 aliphatic heterocycles. The molecule has 0 spiro atoms. The van der Waals surface area contributed by atoms with Crippen molar-refractivity contribution in [2.45, 2.75) is 72.3 Å². The molecule has 108 valence electrons. The predicted molar refractivity (Wildman–Crippen MR) is 85.5 cm³/mol. The molecule has 18 heavy (non-hydrogen) atoms. The van der Waals surface area contributed by atoms with Gasteiger partial charge in [0.1, 0.15) is 0 Å². The van der Waals surface area contributed by atoms with Crippen LogP contribution in [-0.2, 0) is 0 Å². The highest BCUT2D eigenvalue weighted by Crippen LogP contribution is 2.35. The molecule has 0 saturated carbocycles. The summed E-state index contributed by atoms with van der Waals surface area (Å²) in [4.78, 5) is 2.74. The summed E-state index contributed by atoms with van der Waals surface area (Å²) in [5.74, 6) is 1.96. The first kappa shape index (κ1) is 16.4. The Labute approximate surface area is 120 Å². The number of nitrogens with zero attached hydrogens (tertiary/aromatic N) is 1. The Morgan fingerprint density at radius 2 is 1.78 bits per heavy atom. The Morgan fingerprint density at radius 1 is 1.17 bits per heavy atom. The van der Waals surface area contributed by atoms with E-state index in [1.54, 1.807) is 0 Å². The maximum atomic E-state index is 4.69. The third-order valence-corrected chi connectivity index (χ3v) is 5.38. The zero-order chi connectivity index (χ0) is 13.6. The summed E-state index contributed by atoms with van der Waals surface area (Å²) in [7, 11) is 0. The summed E-state index contributed by atoms with van der Waals surface area (Å²) in [6.07, 6.45) is 8.01. The second-order valence-electron chi connectivity index (χ2n) is 6.61. The second kappa shape index (κ2) is 7.79. The van der Waals surface area contributed by atoms with Crippen molar-refractivity contribution in [1.29, 1.82) is 0 Å². The van der Waals surface area contributed by atoms with Gasteiger partial charge in [0.05, 0.1) is 0 Å². The lowest BCUT2D eigenvalue weighted by molar-refractivity contribution is 0.0706. The average molecular weight is 272 g/mol. The molecule has 0 aliphatic carbocycles. The summed E-state index contributed by atoms with van der Waals surface area (Å²) < 4.78 is 0. The molecule has 0 bridgehead atoms. The van der Waals surface area contributed by atoms with Crippen molar-refractivity contribution >= 4 is 12.6 Å². The van der Waals surface area contributed by atoms with Gasteiger partial charge in [-0.1, -0.05) is 33.6 Å². The van der Waals surface area contributed by atoms with Crippen LogP contribution in [0.25, 0.3) is 0 Å². The van der Waals surface area contributed by atoms with E-state index in [2.05, 4.69) is 45.2 Å². The van der Waals surface area contributed by atoms with E-state index in [0.29, 0.717) is 5.41 Å². The van der Waals surface area contributed by atoms with Crippen molar-refractivity contribution in [2.75, 3.05) is 18.8 Å². The summed E-state index contributed by atoms with van der Waals surface area (Å²) >= 11 is 4.69. The van der Waals surface area contributed by atoms with Crippen LogP contribution in [0.4, 0.5) is 0 Å². The number of rotatable bonds is 7. The molecule has 0 radical (unpaired) electrons. The highest BCUT2D eigenvalue weighted by Gasteiger charge is 2.32. The lowest BCUT2D eigenvalue weighted by Gasteiger charge is -2.43. The van der Waals surface area contributed by atoms with E-state index in [-0.39, 0.29) is 0 Å². The quantitative estimate of drug-likeness (QED) is 0.661. The molecule has 1 heterocycles. The highest BCUT2D eigenvalue weighted by atomic mass is 32.1. The topological polar surface area (TPSA) is 3.24 Å². The number of thiol groups is 1. The van der Waals surface area contributed by atoms with Crippen LogP contribution in [-0.4, -0.2) is 29.8 Å². The first-order valence-electron chi connectivity index (χ1n) is 7.91. The van der Waals surface area contributed by atoms with E-state index in [4.69, 9.17) is 0 Å². The van der Waals surface area contributed by atoms with E-state index in [0.717, 1.165) is 17.7 Å². The zero-order valence-electron chi connectivity index (χ0n) is 12.9. The van der Waals surface area contributed by atoms with Gasteiger partial charge in [-0.25, -0.2) is 0 Å². The smallest absolute Gasteiger partial charge is 0.00697 e. The van der Waals surface area contributed by atoms with Crippen molar-refractivity contribution in [2.24, 2.45) is 11.3 Å². The Morgan fingerprint density at radius 3 is 2.22 bits per heavy atom. The molecule has 1 fully saturated rings. The van der Waals surface area contributed by atoms with Crippen molar-refractivity contribution in [3.8, 4) is 0 Å². The Kier molecular flexibility index (Phi) is 7.08. The van der Waals surface area contributed by atoms with E-state index in [1.165, 1.54) is 51.6 Å². The molecule has 0 aromatic heterocycles. The first-order chi connectivity index (χ1) is 8.56. The number of likely N-dealkylation sites (tertiary alicyclic amines) is 1. The van der Waals surface area contributed by atoms with E-state index >= 15 is 0 Å². The Balaban J connectivity index is 2.64. The molecule has 2 atom stereocenters. The maximum Gasteiger partial charge on any atom is 0.00697 e. The third-order valence-electron chi connectivity index (χ3n) is 4.71. The van der Waals surface area contributed by atoms with Crippen molar-refractivity contribution < 1.29 is 0 Å². The van der Waals surface area contributed by atoms with Crippen LogP contribution in [0.1, 0.15) is 66.2 Å².